The first-order valence-corrected chi connectivity index (χ1v) is 11.9. The van der Waals surface area contributed by atoms with Crippen molar-refractivity contribution in [1.82, 2.24) is 16.0 Å². The lowest BCUT2D eigenvalue weighted by Gasteiger charge is -2.23. The number of carbonyl (C=O) groups is 4. The van der Waals surface area contributed by atoms with E-state index in [0.29, 0.717) is 17.6 Å². The summed E-state index contributed by atoms with van der Waals surface area (Å²) in [6.07, 6.45) is -0.723. The summed E-state index contributed by atoms with van der Waals surface area (Å²) < 4.78 is 72.1. The molecule has 1 rings (SSSR count). The van der Waals surface area contributed by atoms with Gasteiger partial charge in [0.2, 0.25) is 23.5 Å². The van der Waals surface area contributed by atoms with E-state index in [1.807, 2.05) is 21.1 Å². The molecular formula is C22H31F5N5O5S+. The molecule has 0 bridgehead atoms. The van der Waals surface area contributed by atoms with Crippen molar-refractivity contribution in [3.05, 3.63) is 34.6 Å². The number of amides is 3. The zero-order valence-electron chi connectivity index (χ0n) is 21.0. The highest BCUT2D eigenvalue weighted by Gasteiger charge is 2.27. The predicted molar refractivity (Wildman–Crippen MR) is 128 cm³/mol. The highest BCUT2D eigenvalue weighted by Crippen LogP contribution is 2.23. The van der Waals surface area contributed by atoms with E-state index in [9.17, 15) is 41.1 Å². The van der Waals surface area contributed by atoms with E-state index in [4.69, 9.17) is 5.73 Å². The average Bonchev–Trinajstić information content (AvgIpc) is 2.85. The number of halogens is 5. The van der Waals surface area contributed by atoms with Gasteiger partial charge in [-0.05, 0) is 6.42 Å². The second-order valence-electron chi connectivity index (χ2n) is 9.19. The molecule has 0 spiro atoms. The topological polar surface area (TPSA) is 140 Å². The maximum absolute atomic E-state index is 13.7. The van der Waals surface area contributed by atoms with E-state index in [1.54, 1.807) is 0 Å². The molecule has 1 aromatic carbocycles. The number of nitrogens with zero attached hydrogens (tertiary/aromatic N) is 1. The molecule has 214 valence electrons. The molecule has 2 atom stereocenters. The third-order valence-corrected chi connectivity index (χ3v) is 5.37. The van der Waals surface area contributed by atoms with Gasteiger partial charge in [-0.2, -0.15) is 12.6 Å². The summed E-state index contributed by atoms with van der Waals surface area (Å²) in [6, 6.07) is -2.59. The van der Waals surface area contributed by atoms with Crippen LogP contribution in [0.15, 0.2) is 0 Å². The molecule has 1 aromatic rings. The molecule has 0 aliphatic carbocycles. The SMILES string of the molecule is C[N+](C)(C)CCNC(=O)CNC(=O)[C@@H](CS)NC(=O)CC[C@H](N)C(=O)OCc1c(F)c(F)c(F)c(F)c1F. The van der Waals surface area contributed by atoms with Crippen molar-refractivity contribution in [2.24, 2.45) is 5.73 Å². The first-order chi connectivity index (χ1) is 17.6. The lowest BCUT2D eigenvalue weighted by molar-refractivity contribution is -0.869. The van der Waals surface area contributed by atoms with Crippen molar-refractivity contribution >= 4 is 36.3 Å². The van der Waals surface area contributed by atoms with Crippen LogP contribution >= 0.6 is 12.6 Å². The van der Waals surface area contributed by atoms with Crippen LogP contribution in [0.2, 0.25) is 0 Å². The molecule has 0 radical (unpaired) electrons. The minimum absolute atomic E-state index is 0.114. The molecule has 16 heteroatoms. The molecular weight excluding hydrogens is 541 g/mol. The van der Waals surface area contributed by atoms with Gasteiger partial charge in [0.25, 0.3) is 0 Å². The van der Waals surface area contributed by atoms with Gasteiger partial charge in [-0.25, -0.2) is 22.0 Å². The first-order valence-electron chi connectivity index (χ1n) is 11.3. The summed E-state index contributed by atoms with van der Waals surface area (Å²) in [5.41, 5.74) is 4.21. The van der Waals surface area contributed by atoms with Gasteiger partial charge in [-0.15, -0.1) is 0 Å². The van der Waals surface area contributed by atoms with Crippen molar-refractivity contribution in [3.63, 3.8) is 0 Å². The summed E-state index contributed by atoms with van der Waals surface area (Å²) >= 11 is 3.99. The standard InChI is InChI=1S/C22H30F5N5O5S/c1-32(2,3)7-6-29-15(34)8-30-21(35)13(10-38)31-14(33)5-4-12(28)22(36)37-9-11-16(23)18(25)20(27)19(26)17(11)24/h12-13H,4-10,28H2,1-3H3,(H3-,29,30,31,33,34,35,38)/p+1/t12-,13+/m0/s1. The number of benzene rings is 1. The normalized spacial score (nSPS) is 12.9. The van der Waals surface area contributed by atoms with Gasteiger partial charge in [0.05, 0.1) is 46.3 Å². The molecule has 0 saturated heterocycles. The highest BCUT2D eigenvalue weighted by atomic mass is 32.1. The molecule has 38 heavy (non-hydrogen) atoms. The number of thiol groups is 1. The number of esters is 1. The third kappa shape index (κ3) is 10.4. The molecule has 0 aromatic heterocycles. The Labute approximate surface area is 221 Å². The molecule has 0 aliphatic heterocycles. The monoisotopic (exact) mass is 572 g/mol. The quantitative estimate of drug-likeness (QED) is 0.0527. The fourth-order valence-corrected chi connectivity index (χ4v) is 3.03. The number of hydrogen-bond donors (Lipinski definition) is 5. The molecule has 5 N–H and O–H groups in total. The number of rotatable bonds is 14. The zero-order chi connectivity index (χ0) is 29.2. The van der Waals surface area contributed by atoms with Gasteiger partial charge in [-0.1, -0.05) is 0 Å². The van der Waals surface area contributed by atoms with Crippen LogP contribution < -0.4 is 21.7 Å². The third-order valence-electron chi connectivity index (χ3n) is 5.01. The van der Waals surface area contributed by atoms with Crippen LogP contribution in [0.25, 0.3) is 0 Å². The van der Waals surface area contributed by atoms with Gasteiger partial charge >= 0.3 is 5.97 Å². The molecule has 0 saturated carbocycles. The van der Waals surface area contributed by atoms with E-state index in [1.165, 1.54) is 0 Å². The summed E-state index contributed by atoms with van der Waals surface area (Å²) in [4.78, 5) is 48.2. The van der Waals surface area contributed by atoms with Crippen LogP contribution in [0.4, 0.5) is 22.0 Å². The Morgan fingerprint density at radius 1 is 0.921 bits per heavy atom. The average molecular weight is 573 g/mol. The van der Waals surface area contributed by atoms with Gasteiger partial charge in [-0.3, -0.25) is 19.2 Å². The summed E-state index contributed by atoms with van der Waals surface area (Å²) in [5, 5.41) is 7.36. The van der Waals surface area contributed by atoms with E-state index < -0.39 is 77.0 Å². The Balaban J connectivity index is 2.50. The fraction of sp³-hybridized carbons (Fsp3) is 0.545. The number of nitrogens with one attached hydrogen (secondary N) is 3. The molecule has 0 heterocycles. The number of likely N-dealkylation sites (N-methyl/N-ethyl adjacent to an activating group) is 1. The van der Waals surface area contributed by atoms with E-state index >= 15 is 0 Å². The van der Waals surface area contributed by atoms with Gasteiger partial charge in [0.15, 0.2) is 23.3 Å². The smallest absolute Gasteiger partial charge is 0.323 e. The molecule has 3 amide bonds. The minimum atomic E-state index is -2.36. The zero-order valence-corrected chi connectivity index (χ0v) is 21.9. The Hall–Kier alpha value is -2.98. The second-order valence-corrected chi connectivity index (χ2v) is 9.55. The number of nitrogens with two attached hydrogens (primary N) is 1. The minimum Gasteiger partial charge on any atom is -0.459 e. The number of ether oxygens (including phenoxy) is 1. The number of quaternary nitrogens is 1. The Kier molecular flexibility index (Phi) is 12.9. The van der Waals surface area contributed by atoms with Crippen molar-refractivity contribution in [2.45, 2.75) is 31.5 Å². The first kappa shape index (κ1) is 33.0. The van der Waals surface area contributed by atoms with Crippen LogP contribution in [0, 0.1) is 29.1 Å². The van der Waals surface area contributed by atoms with E-state index in [2.05, 4.69) is 33.3 Å². The number of carbonyl (C=O) groups excluding carboxylic acids is 4. The van der Waals surface area contributed by atoms with E-state index in [0.717, 1.165) is 0 Å². The van der Waals surface area contributed by atoms with Gasteiger partial charge < -0.3 is 30.9 Å². The summed E-state index contributed by atoms with van der Waals surface area (Å²) in [6.45, 7) is -0.539. The van der Waals surface area contributed by atoms with Crippen molar-refractivity contribution < 1.29 is 50.4 Å². The lowest BCUT2D eigenvalue weighted by atomic mass is 10.1. The maximum atomic E-state index is 13.7. The largest absolute Gasteiger partial charge is 0.459 e. The molecule has 0 unspecified atom stereocenters. The molecule has 0 fully saturated rings. The molecule has 0 aliphatic rings. The predicted octanol–water partition coefficient (Wildman–Crippen LogP) is -0.114. The van der Waals surface area contributed by atoms with Crippen LogP contribution in [0.3, 0.4) is 0 Å². The van der Waals surface area contributed by atoms with E-state index in [-0.39, 0.29) is 25.1 Å². The Morgan fingerprint density at radius 3 is 2.00 bits per heavy atom. The van der Waals surface area contributed by atoms with Gasteiger partial charge in [0, 0.05) is 12.2 Å². The van der Waals surface area contributed by atoms with Crippen LogP contribution in [-0.4, -0.2) is 86.8 Å². The summed E-state index contributed by atoms with van der Waals surface area (Å²) in [5.74, 6) is -14.2. The Morgan fingerprint density at radius 2 is 1.47 bits per heavy atom. The maximum Gasteiger partial charge on any atom is 0.323 e. The summed E-state index contributed by atoms with van der Waals surface area (Å²) in [7, 11) is 5.85. The van der Waals surface area contributed by atoms with Crippen LogP contribution in [-0.2, 0) is 30.5 Å². The second kappa shape index (κ2) is 14.8. The van der Waals surface area contributed by atoms with Crippen molar-refractivity contribution in [3.8, 4) is 0 Å². The van der Waals surface area contributed by atoms with Crippen molar-refractivity contribution in [1.29, 1.82) is 0 Å². The van der Waals surface area contributed by atoms with Crippen molar-refractivity contribution in [2.75, 3.05) is 46.5 Å². The van der Waals surface area contributed by atoms with Crippen LogP contribution in [0.5, 0.6) is 0 Å². The fourth-order valence-electron chi connectivity index (χ4n) is 2.78. The number of hydrogen-bond acceptors (Lipinski definition) is 7. The lowest BCUT2D eigenvalue weighted by Crippen LogP contribution is -2.50. The van der Waals surface area contributed by atoms with Gasteiger partial charge in [0.1, 0.15) is 18.7 Å². The molecule has 10 nitrogen and oxygen atoms in total. The Bertz CT molecular complexity index is 1010. The van der Waals surface area contributed by atoms with Crippen LogP contribution in [0.1, 0.15) is 18.4 Å². The highest BCUT2D eigenvalue weighted by molar-refractivity contribution is 7.80.